The van der Waals surface area contributed by atoms with Crippen LogP contribution >= 0.6 is 8.88 Å². The second kappa shape index (κ2) is 2.61. The first-order valence-corrected chi connectivity index (χ1v) is 3.67. The Kier molecular flexibility index (Phi) is 2.04. The molecule has 1 fully saturated rings. The SMILES string of the molecule is NPN1CCCC1. The average molecular weight is 118 g/mol. The van der Waals surface area contributed by atoms with E-state index in [-0.39, 0.29) is 0 Å². The topological polar surface area (TPSA) is 29.3 Å². The third-order valence-electron chi connectivity index (χ3n) is 1.29. The van der Waals surface area contributed by atoms with Crippen molar-refractivity contribution in [2.75, 3.05) is 13.1 Å². The number of rotatable bonds is 1. The molecule has 1 rings (SSSR count). The molecule has 0 aromatic rings. The lowest BCUT2D eigenvalue weighted by atomic mass is 10.4. The Bertz CT molecular complexity index is 51.7. The molecule has 1 heterocycles. The van der Waals surface area contributed by atoms with Crippen LogP contribution in [0.15, 0.2) is 0 Å². The van der Waals surface area contributed by atoms with E-state index in [4.69, 9.17) is 5.50 Å². The zero-order valence-corrected chi connectivity index (χ0v) is 5.35. The van der Waals surface area contributed by atoms with Crippen LogP contribution in [0.25, 0.3) is 0 Å². The summed E-state index contributed by atoms with van der Waals surface area (Å²) in [5.41, 5.74) is 5.39. The fourth-order valence-electron chi connectivity index (χ4n) is 0.846. The molecule has 1 atom stereocenters. The lowest BCUT2D eigenvalue weighted by Gasteiger charge is -2.07. The highest BCUT2D eigenvalue weighted by atomic mass is 31.1. The van der Waals surface area contributed by atoms with Gasteiger partial charge in [-0.3, -0.25) is 10.2 Å². The second-order valence-corrected chi connectivity index (χ2v) is 2.71. The summed E-state index contributed by atoms with van der Waals surface area (Å²) in [6.07, 6.45) is 2.70. The summed E-state index contributed by atoms with van der Waals surface area (Å²) in [6.45, 7) is 2.46. The van der Waals surface area contributed by atoms with Crippen molar-refractivity contribution in [3.8, 4) is 0 Å². The minimum atomic E-state index is 0.545. The lowest BCUT2D eigenvalue weighted by molar-refractivity contribution is 0.576. The number of nitrogens with two attached hydrogens (primary N) is 1. The van der Waals surface area contributed by atoms with Crippen LogP contribution in [0.1, 0.15) is 12.8 Å². The molecule has 1 aliphatic rings. The van der Waals surface area contributed by atoms with E-state index in [1.807, 2.05) is 0 Å². The van der Waals surface area contributed by atoms with Gasteiger partial charge in [-0.05, 0) is 12.8 Å². The lowest BCUT2D eigenvalue weighted by Crippen LogP contribution is -2.09. The van der Waals surface area contributed by atoms with Crippen LogP contribution in [0, 0.1) is 0 Å². The first kappa shape index (κ1) is 5.49. The fraction of sp³-hybridized carbons (Fsp3) is 1.00. The maximum Gasteiger partial charge on any atom is 0.0183 e. The quantitative estimate of drug-likeness (QED) is 0.509. The first-order chi connectivity index (χ1) is 3.43. The van der Waals surface area contributed by atoms with Crippen LogP contribution in [-0.2, 0) is 0 Å². The van der Waals surface area contributed by atoms with Crippen molar-refractivity contribution in [1.82, 2.24) is 4.67 Å². The predicted octanol–water partition coefficient (Wildman–Crippen LogP) is 0.549. The van der Waals surface area contributed by atoms with Gasteiger partial charge in [-0.1, -0.05) is 0 Å². The third kappa shape index (κ3) is 1.37. The molecule has 0 bridgehead atoms. The van der Waals surface area contributed by atoms with Crippen molar-refractivity contribution < 1.29 is 0 Å². The Morgan fingerprint density at radius 3 is 2.14 bits per heavy atom. The van der Waals surface area contributed by atoms with E-state index in [9.17, 15) is 0 Å². The summed E-state index contributed by atoms with van der Waals surface area (Å²) in [6, 6.07) is 0. The van der Waals surface area contributed by atoms with Gasteiger partial charge in [0.15, 0.2) is 0 Å². The summed E-state index contributed by atoms with van der Waals surface area (Å²) < 4.78 is 2.29. The molecule has 1 saturated heterocycles. The zero-order valence-electron chi connectivity index (χ0n) is 4.35. The Hall–Kier alpha value is 0.350. The van der Waals surface area contributed by atoms with Gasteiger partial charge in [-0.2, -0.15) is 0 Å². The monoisotopic (exact) mass is 118 g/mol. The van der Waals surface area contributed by atoms with Gasteiger partial charge in [0.05, 0.1) is 0 Å². The van der Waals surface area contributed by atoms with E-state index in [2.05, 4.69) is 4.67 Å². The van der Waals surface area contributed by atoms with Gasteiger partial charge in [0.2, 0.25) is 0 Å². The number of hydrogen-bond donors (Lipinski definition) is 1. The molecule has 0 radical (unpaired) electrons. The van der Waals surface area contributed by atoms with E-state index in [0.717, 1.165) is 0 Å². The van der Waals surface area contributed by atoms with Crippen molar-refractivity contribution >= 4 is 8.88 Å². The molecule has 42 valence electrons. The highest BCUT2D eigenvalue weighted by Gasteiger charge is 2.07. The summed E-state index contributed by atoms with van der Waals surface area (Å²) in [4.78, 5) is 0. The molecule has 3 heteroatoms. The van der Waals surface area contributed by atoms with Crippen molar-refractivity contribution in [1.29, 1.82) is 0 Å². The van der Waals surface area contributed by atoms with Gasteiger partial charge in [-0.15, -0.1) is 0 Å². The van der Waals surface area contributed by atoms with E-state index < -0.39 is 0 Å². The minimum Gasteiger partial charge on any atom is -0.300 e. The van der Waals surface area contributed by atoms with E-state index in [0.29, 0.717) is 8.88 Å². The normalized spacial score (nSPS) is 25.3. The van der Waals surface area contributed by atoms with Crippen molar-refractivity contribution in [2.24, 2.45) is 5.50 Å². The van der Waals surface area contributed by atoms with Crippen molar-refractivity contribution in [3.63, 3.8) is 0 Å². The maximum absolute atomic E-state index is 5.39. The van der Waals surface area contributed by atoms with Gasteiger partial charge in [0.1, 0.15) is 0 Å². The molecule has 0 aromatic heterocycles. The molecule has 2 nitrogen and oxygen atoms in total. The molecular formula is C4H11N2P. The number of hydrogen-bond acceptors (Lipinski definition) is 2. The summed E-state index contributed by atoms with van der Waals surface area (Å²) >= 11 is 0. The van der Waals surface area contributed by atoms with Crippen LogP contribution in [0.4, 0.5) is 0 Å². The largest absolute Gasteiger partial charge is 0.300 e. The van der Waals surface area contributed by atoms with Crippen LogP contribution < -0.4 is 5.50 Å². The van der Waals surface area contributed by atoms with Gasteiger partial charge in [0.25, 0.3) is 0 Å². The van der Waals surface area contributed by atoms with Crippen molar-refractivity contribution in [3.05, 3.63) is 0 Å². The second-order valence-electron chi connectivity index (χ2n) is 1.82. The fourth-order valence-corrected chi connectivity index (χ4v) is 1.42. The van der Waals surface area contributed by atoms with Gasteiger partial charge in [0, 0.05) is 22.0 Å². The van der Waals surface area contributed by atoms with Crippen LogP contribution in [-0.4, -0.2) is 17.8 Å². The Labute approximate surface area is 46.0 Å². The van der Waals surface area contributed by atoms with E-state index in [1.54, 1.807) is 0 Å². The molecule has 0 aliphatic carbocycles. The van der Waals surface area contributed by atoms with Crippen LogP contribution in [0.5, 0.6) is 0 Å². The van der Waals surface area contributed by atoms with Crippen molar-refractivity contribution in [2.45, 2.75) is 12.8 Å². The Morgan fingerprint density at radius 2 is 1.86 bits per heavy atom. The summed E-state index contributed by atoms with van der Waals surface area (Å²) in [7, 11) is 0.545. The summed E-state index contributed by atoms with van der Waals surface area (Å²) in [5.74, 6) is 0. The van der Waals surface area contributed by atoms with E-state index >= 15 is 0 Å². The highest BCUT2D eigenvalue weighted by molar-refractivity contribution is 7.32. The number of nitrogens with zero attached hydrogens (tertiary/aromatic N) is 1. The molecule has 0 amide bonds. The van der Waals surface area contributed by atoms with Crippen LogP contribution in [0.3, 0.4) is 0 Å². The third-order valence-corrected chi connectivity index (χ3v) is 2.10. The average Bonchev–Trinajstić information content (AvgIpc) is 2.14. The molecule has 7 heavy (non-hydrogen) atoms. The Morgan fingerprint density at radius 1 is 1.29 bits per heavy atom. The molecule has 1 aliphatic heterocycles. The predicted molar refractivity (Wildman–Crippen MR) is 33.3 cm³/mol. The molecule has 1 unspecified atom stereocenters. The highest BCUT2D eigenvalue weighted by Crippen LogP contribution is 2.16. The molecule has 2 N–H and O–H groups in total. The first-order valence-electron chi connectivity index (χ1n) is 2.64. The summed E-state index contributed by atoms with van der Waals surface area (Å²) in [5, 5.41) is 0. The maximum atomic E-state index is 5.39. The zero-order chi connectivity index (χ0) is 5.11. The van der Waals surface area contributed by atoms with Gasteiger partial charge < -0.3 is 0 Å². The molecule has 0 aromatic carbocycles. The van der Waals surface area contributed by atoms with E-state index in [1.165, 1.54) is 25.9 Å². The van der Waals surface area contributed by atoms with Gasteiger partial charge >= 0.3 is 0 Å². The van der Waals surface area contributed by atoms with Gasteiger partial charge in [-0.25, -0.2) is 0 Å². The smallest absolute Gasteiger partial charge is 0.0183 e. The minimum absolute atomic E-state index is 0.545. The standard InChI is InChI=1S/C4H11N2P/c5-7-6-3-1-2-4-6/h7H,1-5H2. The molecule has 0 spiro atoms. The molecule has 0 saturated carbocycles. The Balaban J connectivity index is 2.14. The van der Waals surface area contributed by atoms with Crippen LogP contribution in [0.2, 0.25) is 0 Å². The molecular weight excluding hydrogens is 107 g/mol.